The molecule has 4 aromatic carbocycles. The Morgan fingerprint density at radius 2 is 1.44 bits per heavy atom. The molecule has 0 radical (unpaired) electrons. The molecule has 41 heavy (non-hydrogen) atoms. The summed E-state index contributed by atoms with van der Waals surface area (Å²) in [6, 6.07) is 19.0. The highest BCUT2D eigenvalue weighted by Crippen LogP contribution is 2.53. The molecule has 5 rings (SSSR count). The second-order valence-corrected chi connectivity index (χ2v) is 11.5. The van der Waals surface area contributed by atoms with E-state index in [2.05, 4.69) is 0 Å². The average Bonchev–Trinajstić information content (AvgIpc) is 2.88. The summed E-state index contributed by atoms with van der Waals surface area (Å²) in [6.45, 7) is 10.7. The lowest BCUT2D eigenvalue weighted by Crippen LogP contribution is -2.27. The van der Waals surface area contributed by atoms with Crippen molar-refractivity contribution in [2.45, 2.75) is 53.1 Å². The molecule has 210 valence electrons. The van der Waals surface area contributed by atoms with E-state index in [-0.39, 0.29) is 24.1 Å². The predicted octanol–water partition coefficient (Wildman–Crippen LogP) is 8.14. The summed E-state index contributed by atoms with van der Waals surface area (Å²) in [5, 5.41) is 14.2. The van der Waals surface area contributed by atoms with Gasteiger partial charge in [-0.05, 0) is 111 Å². The van der Waals surface area contributed by atoms with Crippen LogP contribution in [0.25, 0.3) is 21.5 Å². The fourth-order valence-electron chi connectivity index (χ4n) is 5.51. The van der Waals surface area contributed by atoms with E-state index in [1.165, 1.54) is 6.92 Å². The van der Waals surface area contributed by atoms with Gasteiger partial charge >= 0.3 is 5.97 Å². The molecule has 4 aromatic rings. The second kappa shape index (κ2) is 10.8. The molecule has 1 aliphatic rings. The molecule has 1 aliphatic heterocycles. The van der Waals surface area contributed by atoms with Gasteiger partial charge in [-0.2, -0.15) is 0 Å². The summed E-state index contributed by atoms with van der Waals surface area (Å²) in [5.41, 5.74) is 3.13. The van der Waals surface area contributed by atoms with Crippen LogP contribution in [0, 0.1) is 0 Å². The fraction of sp³-hybridized carbons (Fsp3) is 0.257. The van der Waals surface area contributed by atoms with E-state index in [9.17, 15) is 14.7 Å². The lowest BCUT2D eigenvalue weighted by atomic mass is 9.78. The SMILES string of the molecule is CC(=O)/C=C(C)\C=C(/C)C1c2c(ccc3ccc(O)cc23)Oc2ccc3ccc(OCC(=O)OC(C)(C)C)cc3c21. The van der Waals surface area contributed by atoms with Crippen LogP contribution in [0.3, 0.4) is 0 Å². The highest BCUT2D eigenvalue weighted by atomic mass is 16.6. The summed E-state index contributed by atoms with van der Waals surface area (Å²) in [6.07, 6.45) is 3.64. The topological polar surface area (TPSA) is 82.1 Å². The molecular formula is C35H34O6. The number of esters is 1. The minimum absolute atomic E-state index is 0.0214. The molecule has 0 fully saturated rings. The molecule has 0 aromatic heterocycles. The highest BCUT2D eigenvalue weighted by molar-refractivity contribution is 5.96. The summed E-state index contributed by atoms with van der Waals surface area (Å²) < 4.78 is 17.7. The molecule has 1 atom stereocenters. The number of rotatable bonds is 6. The van der Waals surface area contributed by atoms with Crippen molar-refractivity contribution < 1.29 is 28.9 Å². The molecular weight excluding hydrogens is 516 g/mol. The molecule has 0 saturated carbocycles. The van der Waals surface area contributed by atoms with E-state index in [1.54, 1.807) is 18.2 Å². The molecule has 0 bridgehead atoms. The number of hydrogen-bond acceptors (Lipinski definition) is 6. The van der Waals surface area contributed by atoms with Crippen LogP contribution >= 0.6 is 0 Å². The molecule has 0 spiro atoms. The highest BCUT2D eigenvalue weighted by Gasteiger charge is 2.32. The van der Waals surface area contributed by atoms with Crippen LogP contribution in [0.2, 0.25) is 0 Å². The van der Waals surface area contributed by atoms with Gasteiger partial charge in [0, 0.05) is 17.0 Å². The van der Waals surface area contributed by atoms with Gasteiger partial charge in [-0.25, -0.2) is 4.79 Å². The fourth-order valence-corrected chi connectivity index (χ4v) is 5.51. The van der Waals surface area contributed by atoms with Gasteiger partial charge < -0.3 is 19.3 Å². The summed E-state index contributed by atoms with van der Waals surface area (Å²) in [7, 11) is 0. The minimum Gasteiger partial charge on any atom is -0.508 e. The monoisotopic (exact) mass is 550 g/mol. The number of ether oxygens (including phenoxy) is 3. The molecule has 1 heterocycles. The van der Waals surface area contributed by atoms with Gasteiger partial charge in [0.1, 0.15) is 28.6 Å². The first-order valence-corrected chi connectivity index (χ1v) is 13.6. The number of ketones is 1. The molecule has 0 saturated heterocycles. The van der Waals surface area contributed by atoms with Crippen LogP contribution in [-0.4, -0.2) is 29.1 Å². The van der Waals surface area contributed by atoms with E-state index in [4.69, 9.17) is 14.2 Å². The summed E-state index contributed by atoms with van der Waals surface area (Å²) in [4.78, 5) is 24.1. The Bertz CT molecular complexity index is 1750. The van der Waals surface area contributed by atoms with Crippen LogP contribution in [0.4, 0.5) is 0 Å². The second-order valence-electron chi connectivity index (χ2n) is 11.5. The first-order valence-electron chi connectivity index (χ1n) is 13.6. The van der Waals surface area contributed by atoms with E-state index in [0.717, 1.165) is 43.8 Å². The zero-order valence-corrected chi connectivity index (χ0v) is 24.2. The number of aromatic hydroxyl groups is 1. The zero-order chi connectivity index (χ0) is 29.5. The number of fused-ring (bicyclic) bond motifs is 6. The Morgan fingerprint density at radius 1 is 0.854 bits per heavy atom. The lowest BCUT2D eigenvalue weighted by Gasteiger charge is -2.31. The number of benzene rings is 4. The standard InChI is InChI=1S/C35H34O6/c1-20(16-22(3)36)15-21(2)32-33-27-17-25(37)11-7-23(27)9-13-29(33)40-30-14-10-24-8-12-26(18-28(24)34(30)32)39-19-31(38)41-35(4,5)6/h7-18,32,37H,19H2,1-6H3/b20-16-,21-15+. The molecule has 6 nitrogen and oxygen atoms in total. The van der Waals surface area contributed by atoms with Gasteiger partial charge in [-0.15, -0.1) is 0 Å². The van der Waals surface area contributed by atoms with E-state index in [0.29, 0.717) is 17.2 Å². The van der Waals surface area contributed by atoms with Crippen LogP contribution < -0.4 is 9.47 Å². The van der Waals surface area contributed by atoms with Gasteiger partial charge in [0.2, 0.25) is 0 Å². The van der Waals surface area contributed by atoms with Crippen LogP contribution in [-0.2, 0) is 14.3 Å². The summed E-state index contributed by atoms with van der Waals surface area (Å²) >= 11 is 0. The van der Waals surface area contributed by atoms with Gasteiger partial charge in [-0.3, -0.25) is 4.79 Å². The molecule has 0 amide bonds. The van der Waals surface area contributed by atoms with Crippen molar-refractivity contribution in [3.63, 3.8) is 0 Å². The maximum absolute atomic E-state index is 12.3. The maximum Gasteiger partial charge on any atom is 0.344 e. The minimum atomic E-state index is -0.600. The summed E-state index contributed by atoms with van der Waals surface area (Å²) in [5.74, 6) is 1.40. The molecule has 6 heteroatoms. The number of phenols is 1. The Kier molecular flexibility index (Phi) is 7.35. The van der Waals surface area contributed by atoms with Crippen molar-refractivity contribution in [3.8, 4) is 23.0 Å². The van der Waals surface area contributed by atoms with E-state index >= 15 is 0 Å². The van der Waals surface area contributed by atoms with Gasteiger partial charge in [0.25, 0.3) is 0 Å². The predicted molar refractivity (Wildman–Crippen MR) is 161 cm³/mol. The average molecular weight is 551 g/mol. The first-order chi connectivity index (χ1) is 19.4. The van der Waals surface area contributed by atoms with E-state index in [1.807, 2.05) is 89.2 Å². The van der Waals surface area contributed by atoms with Crippen molar-refractivity contribution in [1.82, 2.24) is 0 Å². The first kappa shape index (κ1) is 28.0. The quantitative estimate of drug-likeness (QED) is 0.148. The molecule has 1 N–H and O–H groups in total. The van der Waals surface area contributed by atoms with Gasteiger partial charge in [0.05, 0.1) is 0 Å². The number of phenolic OH excluding ortho intramolecular Hbond substituents is 1. The van der Waals surface area contributed by atoms with Gasteiger partial charge in [-0.1, -0.05) is 35.9 Å². The lowest BCUT2D eigenvalue weighted by molar-refractivity contribution is -0.157. The smallest absolute Gasteiger partial charge is 0.344 e. The largest absolute Gasteiger partial charge is 0.508 e. The zero-order valence-electron chi connectivity index (χ0n) is 24.2. The van der Waals surface area contributed by atoms with Crippen molar-refractivity contribution in [3.05, 3.63) is 95.1 Å². The third-order valence-corrected chi connectivity index (χ3v) is 6.92. The Hall–Kier alpha value is -4.58. The molecule has 0 aliphatic carbocycles. The van der Waals surface area contributed by atoms with Crippen LogP contribution in [0.1, 0.15) is 58.6 Å². The van der Waals surface area contributed by atoms with Crippen molar-refractivity contribution in [2.75, 3.05) is 6.61 Å². The third kappa shape index (κ3) is 5.97. The number of allylic oxidation sites excluding steroid dienone is 4. The number of carbonyl (C=O) groups is 2. The van der Waals surface area contributed by atoms with Gasteiger partial charge in [0.15, 0.2) is 12.4 Å². The Morgan fingerprint density at radius 3 is 2.05 bits per heavy atom. The maximum atomic E-state index is 12.3. The number of carbonyl (C=O) groups excluding carboxylic acids is 2. The van der Waals surface area contributed by atoms with E-state index < -0.39 is 11.6 Å². The Labute approximate surface area is 239 Å². The van der Waals surface area contributed by atoms with Crippen LogP contribution in [0.5, 0.6) is 23.0 Å². The van der Waals surface area contributed by atoms with Crippen molar-refractivity contribution >= 4 is 33.3 Å². The number of hydrogen-bond donors (Lipinski definition) is 1. The molecule has 1 unspecified atom stereocenters. The van der Waals surface area contributed by atoms with Crippen molar-refractivity contribution in [2.24, 2.45) is 0 Å². The third-order valence-electron chi connectivity index (χ3n) is 6.92. The van der Waals surface area contributed by atoms with Crippen molar-refractivity contribution in [1.29, 1.82) is 0 Å². The normalized spacial score (nSPS) is 15.2. The Balaban J connectivity index is 1.69. The van der Waals surface area contributed by atoms with Crippen LogP contribution in [0.15, 0.2) is 84.0 Å².